The Bertz CT molecular complexity index is 656. The summed E-state index contributed by atoms with van der Waals surface area (Å²) in [5.74, 6) is 0.674. The molecule has 7 nitrogen and oxygen atoms in total. The van der Waals surface area contributed by atoms with Crippen LogP contribution in [-0.2, 0) is 11.3 Å². The lowest BCUT2D eigenvalue weighted by molar-refractivity contribution is 0.176. The Morgan fingerprint density at radius 3 is 3.06 bits per heavy atom. The molecule has 0 spiro atoms. The standard InChI is InChI=1S/C8H8N6OS2/c1-15-2-5-11-12-8-14(5)13-6(17-8)4-3-16-7(9)10-4/h3H,2H2,1H3,(H2,9,10). The van der Waals surface area contributed by atoms with Crippen molar-refractivity contribution in [1.29, 1.82) is 0 Å². The minimum atomic E-state index is 0.379. The number of nitrogens with zero attached hydrogens (tertiary/aromatic N) is 5. The van der Waals surface area contributed by atoms with Gasteiger partial charge in [-0.15, -0.1) is 21.5 Å². The van der Waals surface area contributed by atoms with Crippen LogP contribution in [0, 0.1) is 0 Å². The first kappa shape index (κ1) is 10.6. The fraction of sp³-hybridized carbons (Fsp3) is 0.250. The third-order valence-corrected chi connectivity index (χ3v) is 3.67. The summed E-state index contributed by atoms with van der Waals surface area (Å²) in [5.41, 5.74) is 6.36. The minimum Gasteiger partial charge on any atom is -0.377 e. The molecule has 3 aromatic rings. The zero-order chi connectivity index (χ0) is 11.8. The Kier molecular flexibility index (Phi) is 2.50. The molecule has 17 heavy (non-hydrogen) atoms. The summed E-state index contributed by atoms with van der Waals surface area (Å²) < 4.78 is 6.69. The molecule has 0 aromatic carbocycles. The number of ether oxygens (including phenoxy) is 1. The molecule has 0 unspecified atom stereocenters. The maximum Gasteiger partial charge on any atom is 0.235 e. The Labute approximate surface area is 104 Å². The van der Waals surface area contributed by atoms with Crippen LogP contribution < -0.4 is 5.73 Å². The van der Waals surface area contributed by atoms with Crippen molar-refractivity contribution < 1.29 is 4.74 Å². The Morgan fingerprint density at radius 2 is 2.35 bits per heavy atom. The average Bonchev–Trinajstić information content (AvgIpc) is 2.95. The van der Waals surface area contributed by atoms with Crippen LogP contribution in [0.25, 0.3) is 15.7 Å². The summed E-state index contributed by atoms with van der Waals surface area (Å²) >= 11 is 2.81. The van der Waals surface area contributed by atoms with E-state index in [-0.39, 0.29) is 0 Å². The average molecular weight is 268 g/mol. The molecule has 0 aliphatic rings. The normalized spacial score (nSPS) is 11.4. The molecule has 3 aromatic heterocycles. The summed E-state index contributed by atoms with van der Waals surface area (Å²) in [6, 6.07) is 0. The second kappa shape index (κ2) is 4.02. The number of aromatic nitrogens is 5. The Morgan fingerprint density at radius 1 is 1.47 bits per heavy atom. The molecule has 0 amide bonds. The lowest BCUT2D eigenvalue weighted by atomic mass is 10.5. The van der Waals surface area contributed by atoms with Gasteiger partial charge in [0.25, 0.3) is 0 Å². The van der Waals surface area contributed by atoms with Gasteiger partial charge in [0.2, 0.25) is 4.96 Å². The van der Waals surface area contributed by atoms with Gasteiger partial charge in [0, 0.05) is 12.5 Å². The Hall–Kier alpha value is -1.58. The molecule has 0 atom stereocenters. The van der Waals surface area contributed by atoms with E-state index >= 15 is 0 Å². The number of hydrogen-bond donors (Lipinski definition) is 1. The van der Waals surface area contributed by atoms with E-state index in [4.69, 9.17) is 10.5 Å². The summed E-state index contributed by atoms with van der Waals surface area (Å²) in [4.78, 5) is 4.90. The zero-order valence-electron chi connectivity index (χ0n) is 8.82. The Balaban J connectivity index is 2.07. The van der Waals surface area contributed by atoms with E-state index in [9.17, 15) is 0 Å². The van der Waals surface area contributed by atoms with Crippen molar-refractivity contribution in [3.8, 4) is 10.7 Å². The molecular formula is C8H8N6OS2. The fourth-order valence-electron chi connectivity index (χ4n) is 1.37. The number of nitrogen functional groups attached to an aromatic ring is 1. The highest BCUT2D eigenvalue weighted by Crippen LogP contribution is 2.27. The van der Waals surface area contributed by atoms with Crippen LogP contribution >= 0.6 is 22.7 Å². The second-order valence-electron chi connectivity index (χ2n) is 3.22. The van der Waals surface area contributed by atoms with Gasteiger partial charge >= 0.3 is 0 Å². The van der Waals surface area contributed by atoms with E-state index in [0.29, 0.717) is 17.6 Å². The van der Waals surface area contributed by atoms with Gasteiger partial charge in [0.15, 0.2) is 16.0 Å². The smallest absolute Gasteiger partial charge is 0.235 e. The number of thiazole rings is 1. The quantitative estimate of drug-likeness (QED) is 0.763. The molecule has 0 saturated heterocycles. The monoisotopic (exact) mass is 268 g/mol. The van der Waals surface area contributed by atoms with Crippen molar-refractivity contribution in [3.05, 3.63) is 11.2 Å². The van der Waals surface area contributed by atoms with Gasteiger partial charge < -0.3 is 10.5 Å². The number of hydrogen-bond acceptors (Lipinski definition) is 8. The molecule has 0 radical (unpaired) electrons. The van der Waals surface area contributed by atoms with Gasteiger partial charge in [-0.2, -0.15) is 9.61 Å². The molecule has 0 bridgehead atoms. The van der Waals surface area contributed by atoms with Gasteiger partial charge in [-0.3, -0.25) is 0 Å². The number of rotatable bonds is 3. The van der Waals surface area contributed by atoms with Crippen molar-refractivity contribution in [2.75, 3.05) is 12.8 Å². The molecule has 0 fully saturated rings. The summed E-state index contributed by atoms with van der Waals surface area (Å²) in [5, 5.41) is 15.6. The highest BCUT2D eigenvalue weighted by molar-refractivity contribution is 7.20. The van der Waals surface area contributed by atoms with Crippen molar-refractivity contribution >= 4 is 32.8 Å². The van der Waals surface area contributed by atoms with Gasteiger partial charge in [-0.05, 0) is 0 Å². The van der Waals surface area contributed by atoms with E-state index in [1.54, 1.807) is 11.6 Å². The molecule has 2 N–H and O–H groups in total. The predicted octanol–water partition coefficient (Wildman–Crippen LogP) is 1.04. The molecule has 3 heterocycles. The van der Waals surface area contributed by atoms with Gasteiger partial charge in [-0.25, -0.2) is 4.98 Å². The van der Waals surface area contributed by atoms with E-state index in [0.717, 1.165) is 15.7 Å². The lowest BCUT2D eigenvalue weighted by Crippen LogP contribution is -1.97. The maximum absolute atomic E-state index is 5.59. The molecule has 3 rings (SSSR count). The number of fused-ring (bicyclic) bond motifs is 1. The summed E-state index contributed by atoms with van der Waals surface area (Å²) in [7, 11) is 1.61. The zero-order valence-corrected chi connectivity index (χ0v) is 10.5. The maximum atomic E-state index is 5.59. The molecule has 9 heteroatoms. The first-order chi connectivity index (χ1) is 8.28. The number of methoxy groups -OCH3 is 1. The second-order valence-corrected chi connectivity index (χ2v) is 5.07. The van der Waals surface area contributed by atoms with Gasteiger partial charge in [0.05, 0.1) is 0 Å². The van der Waals surface area contributed by atoms with Crippen LogP contribution in [0.3, 0.4) is 0 Å². The highest BCUT2D eigenvalue weighted by atomic mass is 32.1. The van der Waals surface area contributed by atoms with Crippen LogP contribution in [-0.4, -0.2) is 31.9 Å². The first-order valence-electron chi connectivity index (χ1n) is 4.69. The number of nitrogens with two attached hydrogens (primary N) is 1. The largest absolute Gasteiger partial charge is 0.377 e. The molecule has 0 aliphatic carbocycles. The number of anilines is 1. The van der Waals surface area contributed by atoms with Crippen LogP contribution in [0.2, 0.25) is 0 Å². The van der Waals surface area contributed by atoms with Crippen LogP contribution in [0.5, 0.6) is 0 Å². The SMILES string of the molecule is COCc1nnc2sc(-c3csc(N)n3)nn12. The van der Waals surface area contributed by atoms with Crippen LogP contribution in [0.4, 0.5) is 5.13 Å². The summed E-state index contributed by atoms with van der Waals surface area (Å²) in [6.07, 6.45) is 0. The molecular weight excluding hydrogens is 260 g/mol. The lowest BCUT2D eigenvalue weighted by Gasteiger charge is -1.92. The third kappa shape index (κ3) is 1.77. The van der Waals surface area contributed by atoms with E-state index < -0.39 is 0 Å². The molecule has 0 aliphatic heterocycles. The third-order valence-electron chi connectivity index (χ3n) is 2.07. The van der Waals surface area contributed by atoms with Crippen molar-refractivity contribution in [2.24, 2.45) is 0 Å². The topological polar surface area (TPSA) is 91.2 Å². The van der Waals surface area contributed by atoms with E-state index in [1.807, 2.05) is 5.38 Å². The van der Waals surface area contributed by atoms with Crippen molar-refractivity contribution in [3.63, 3.8) is 0 Å². The van der Waals surface area contributed by atoms with Gasteiger partial charge in [0.1, 0.15) is 12.3 Å². The molecule has 0 saturated carbocycles. The van der Waals surface area contributed by atoms with Gasteiger partial charge in [-0.1, -0.05) is 11.3 Å². The minimum absolute atomic E-state index is 0.379. The predicted molar refractivity (Wildman–Crippen MR) is 64.9 cm³/mol. The summed E-state index contributed by atoms with van der Waals surface area (Å²) in [6.45, 7) is 0.379. The van der Waals surface area contributed by atoms with E-state index in [1.165, 1.54) is 22.7 Å². The van der Waals surface area contributed by atoms with Crippen LogP contribution in [0.15, 0.2) is 5.38 Å². The van der Waals surface area contributed by atoms with Crippen molar-refractivity contribution in [1.82, 2.24) is 24.8 Å². The van der Waals surface area contributed by atoms with Crippen molar-refractivity contribution in [2.45, 2.75) is 6.61 Å². The highest BCUT2D eigenvalue weighted by Gasteiger charge is 2.14. The fourth-order valence-corrected chi connectivity index (χ4v) is 2.81. The first-order valence-corrected chi connectivity index (χ1v) is 6.39. The van der Waals surface area contributed by atoms with E-state index in [2.05, 4.69) is 20.3 Å². The molecule has 88 valence electrons. The van der Waals surface area contributed by atoms with Crippen LogP contribution in [0.1, 0.15) is 5.82 Å².